The molecule has 1 unspecified atom stereocenters. The molecule has 0 radical (unpaired) electrons. The van der Waals surface area contributed by atoms with E-state index >= 15 is 0 Å². The topological polar surface area (TPSA) is 47.7 Å². The Hall–Kier alpha value is -0.680. The van der Waals surface area contributed by atoms with E-state index in [-0.39, 0.29) is 6.04 Å². The van der Waals surface area contributed by atoms with Gasteiger partial charge in [-0.2, -0.15) is 0 Å². The number of methoxy groups -OCH3 is 2. The van der Waals surface area contributed by atoms with Gasteiger partial charge in [0, 0.05) is 26.8 Å². The minimum absolute atomic E-state index is 0.152. The lowest BCUT2D eigenvalue weighted by molar-refractivity contribution is 0.171. The van der Waals surface area contributed by atoms with Crippen LogP contribution in [-0.2, 0) is 9.47 Å². The van der Waals surface area contributed by atoms with E-state index in [0.717, 1.165) is 5.69 Å². The molecule has 0 heterocycles. The molecule has 6 heteroatoms. The van der Waals surface area contributed by atoms with Crippen molar-refractivity contribution in [3.05, 3.63) is 22.2 Å². The first-order chi connectivity index (χ1) is 9.01. The van der Waals surface area contributed by atoms with Crippen molar-refractivity contribution in [1.29, 1.82) is 0 Å². The largest absolute Gasteiger partial charge is 0.397 e. The first kappa shape index (κ1) is 16.4. The second-order valence-corrected chi connectivity index (χ2v) is 5.13. The lowest BCUT2D eigenvalue weighted by atomic mass is 10.2. The van der Waals surface area contributed by atoms with Crippen LogP contribution in [0.25, 0.3) is 0 Å². The summed E-state index contributed by atoms with van der Waals surface area (Å²) in [5.41, 5.74) is 7.47. The van der Waals surface area contributed by atoms with E-state index in [1.54, 1.807) is 26.4 Å². The SMILES string of the molecule is COCCN(c1cc(Cl)c(Cl)cc1N)C(C)COC. The van der Waals surface area contributed by atoms with Crippen molar-refractivity contribution in [2.75, 3.05) is 44.6 Å². The molecule has 2 N–H and O–H groups in total. The zero-order chi connectivity index (χ0) is 14.4. The second kappa shape index (κ2) is 7.80. The Balaban J connectivity index is 3.05. The van der Waals surface area contributed by atoms with Crippen LogP contribution in [0.3, 0.4) is 0 Å². The molecule has 0 aromatic heterocycles. The molecule has 0 aliphatic carbocycles. The van der Waals surface area contributed by atoms with Gasteiger partial charge in [-0.1, -0.05) is 23.2 Å². The quantitative estimate of drug-likeness (QED) is 0.787. The van der Waals surface area contributed by atoms with Crippen LogP contribution in [-0.4, -0.2) is 40.0 Å². The van der Waals surface area contributed by atoms with Gasteiger partial charge in [0.2, 0.25) is 0 Å². The second-order valence-electron chi connectivity index (χ2n) is 4.32. The molecule has 108 valence electrons. The summed E-state index contributed by atoms with van der Waals surface area (Å²) in [6.45, 7) is 3.93. The average molecular weight is 307 g/mol. The molecule has 1 rings (SSSR count). The molecule has 1 atom stereocenters. The van der Waals surface area contributed by atoms with Gasteiger partial charge in [-0.15, -0.1) is 0 Å². The maximum atomic E-state index is 6.07. The van der Waals surface area contributed by atoms with E-state index in [1.165, 1.54) is 0 Å². The van der Waals surface area contributed by atoms with Gasteiger partial charge in [0.25, 0.3) is 0 Å². The maximum Gasteiger partial charge on any atom is 0.0663 e. The van der Waals surface area contributed by atoms with Crippen molar-refractivity contribution in [2.45, 2.75) is 13.0 Å². The number of nitrogens with two attached hydrogens (primary N) is 1. The fourth-order valence-corrected chi connectivity index (χ4v) is 2.23. The van der Waals surface area contributed by atoms with Crippen LogP contribution in [0, 0.1) is 0 Å². The normalized spacial score (nSPS) is 12.5. The molecule has 0 fully saturated rings. The van der Waals surface area contributed by atoms with E-state index in [0.29, 0.717) is 35.5 Å². The highest BCUT2D eigenvalue weighted by Gasteiger charge is 2.18. The first-order valence-electron chi connectivity index (χ1n) is 6.00. The van der Waals surface area contributed by atoms with Crippen LogP contribution in [0.4, 0.5) is 11.4 Å². The van der Waals surface area contributed by atoms with Crippen LogP contribution in [0.15, 0.2) is 12.1 Å². The maximum absolute atomic E-state index is 6.07. The van der Waals surface area contributed by atoms with E-state index in [1.807, 2.05) is 0 Å². The molecule has 19 heavy (non-hydrogen) atoms. The Bertz CT molecular complexity index is 416. The van der Waals surface area contributed by atoms with Gasteiger partial charge in [0.1, 0.15) is 0 Å². The molecule has 0 amide bonds. The summed E-state index contributed by atoms with van der Waals surface area (Å²) in [6.07, 6.45) is 0. The van der Waals surface area contributed by atoms with E-state index < -0.39 is 0 Å². The minimum Gasteiger partial charge on any atom is -0.397 e. The molecular weight excluding hydrogens is 287 g/mol. The van der Waals surface area contributed by atoms with Crippen LogP contribution in [0.5, 0.6) is 0 Å². The third-order valence-electron chi connectivity index (χ3n) is 2.86. The zero-order valence-corrected chi connectivity index (χ0v) is 13.0. The highest BCUT2D eigenvalue weighted by Crippen LogP contribution is 2.33. The zero-order valence-electron chi connectivity index (χ0n) is 11.5. The van der Waals surface area contributed by atoms with Crippen molar-refractivity contribution in [1.82, 2.24) is 0 Å². The molecular formula is C13H20Cl2N2O2. The lowest BCUT2D eigenvalue weighted by Gasteiger charge is -2.32. The third kappa shape index (κ3) is 4.42. The molecule has 0 saturated carbocycles. The van der Waals surface area contributed by atoms with Gasteiger partial charge in [-0.05, 0) is 19.1 Å². The van der Waals surface area contributed by atoms with Crippen molar-refractivity contribution in [2.24, 2.45) is 0 Å². The summed E-state index contributed by atoms with van der Waals surface area (Å²) in [7, 11) is 3.33. The molecule has 1 aromatic rings. The predicted octanol–water partition coefficient (Wildman–Crippen LogP) is 3.06. The number of hydrogen-bond acceptors (Lipinski definition) is 4. The Kier molecular flexibility index (Phi) is 6.72. The molecule has 0 bridgehead atoms. The van der Waals surface area contributed by atoms with Gasteiger partial charge in [0.15, 0.2) is 0 Å². The molecule has 0 aliphatic heterocycles. The Morgan fingerprint density at radius 1 is 1.21 bits per heavy atom. The number of nitrogen functional groups attached to an aromatic ring is 1. The van der Waals surface area contributed by atoms with Crippen molar-refractivity contribution in [3.63, 3.8) is 0 Å². The number of hydrogen-bond donors (Lipinski definition) is 1. The van der Waals surface area contributed by atoms with Crippen LogP contribution in [0.1, 0.15) is 6.92 Å². The fourth-order valence-electron chi connectivity index (χ4n) is 1.90. The van der Waals surface area contributed by atoms with Gasteiger partial charge in [-0.25, -0.2) is 0 Å². The lowest BCUT2D eigenvalue weighted by Crippen LogP contribution is -2.39. The van der Waals surface area contributed by atoms with E-state index in [9.17, 15) is 0 Å². The van der Waals surface area contributed by atoms with Gasteiger partial charge < -0.3 is 20.1 Å². The monoisotopic (exact) mass is 306 g/mol. The number of ether oxygens (including phenoxy) is 2. The minimum atomic E-state index is 0.152. The third-order valence-corrected chi connectivity index (χ3v) is 3.58. The smallest absolute Gasteiger partial charge is 0.0663 e. The summed E-state index contributed by atoms with van der Waals surface area (Å²) in [6, 6.07) is 3.60. The predicted molar refractivity (Wildman–Crippen MR) is 81.4 cm³/mol. The van der Waals surface area contributed by atoms with Crippen molar-refractivity contribution >= 4 is 34.6 Å². The Morgan fingerprint density at radius 2 is 1.84 bits per heavy atom. The average Bonchev–Trinajstić information content (AvgIpc) is 2.36. The molecule has 1 aromatic carbocycles. The molecule has 0 spiro atoms. The summed E-state index contributed by atoms with van der Waals surface area (Å²) in [5, 5.41) is 0.937. The molecule has 0 aliphatic rings. The van der Waals surface area contributed by atoms with Crippen LogP contribution < -0.4 is 10.6 Å². The van der Waals surface area contributed by atoms with E-state index in [4.69, 9.17) is 38.4 Å². The first-order valence-corrected chi connectivity index (χ1v) is 6.75. The summed E-state index contributed by atoms with van der Waals surface area (Å²) in [5.74, 6) is 0. The highest BCUT2D eigenvalue weighted by molar-refractivity contribution is 6.42. The number of benzene rings is 1. The number of halogens is 2. The van der Waals surface area contributed by atoms with E-state index in [2.05, 4.69) is 11.8 Å². The Labute approximate surface area is 124 Å². The number of nitrogens with zero attached hydrogens (tertiary/aromatic N) is 1. The standard InChI is InChI=1S/C13H20Cl2N2O2/c1-9(8-19-3)17(4-5-18-2)13-7-11(15)10(14)6-12(13)16/h6-7,9H,4-5,8,16H2,1-3H3. The Morgan fingerprint density at radius 3 is 2.42 bits per heavy atom. The number of rotatable bonds is 7. The van der Waals surface area contributed by atoms with Crippen LogP contribution >= 0.6 is 23.2 Å². The molecule has 0 saturated heterocycles. The fraction of sp³-hybridized carbons (Fsp3) is 0.538. The highest BCUT2D eigenvalue weighted by atomic mass is 35.5. The van der Waals surface area contributed by atoms with Gasteiger partial charge in [-0.3, -0.25) is 0 Å². The summed E-state index contributed by atoms with van der Waals surface area (Å²) in [4.78, 5) is 2.10. The van der Waals surface area contributed by atoms with Crippen LogP contribution in [0.2, 0.25) is 10.0 Å². The van der Waals surface area contributed by atoms with Crippen molar-refractivity contribution in [3.8, 4) is 0 Å². The van der Waals surface area contributed by atoms with Gasteiger partial charge in [0.05, 0.1) is 34.6 Å². The molecule has 4 nitrogen and oxygen atoms in total. The number of anilines is 2. The van der Waals surface area contributed by atoms with Crippen molar-refractivity contribution < 1.29 is 9.47 Å². The van der Waals surface area contributed by atoms with Gasteiger partial charge >= 0.3 is 0 Å². The summed E-state index contributed by atoms with van der Waals surface area (Å²) >= 11 is 12.0. The summed E-state index contributed by atoms with van der Waals surface area (Å²) < 4.78 is 10.3.